The van der Waals surface area contributed by atoms with Crippen LogP contribution in [0.3, 0.4) is 0 Å². The van der Waals surface area contributed by atoms with Gasteiger partial charge in [-0.3, -0.25) is 14.4 Å². The van der Waals surface area contributed by atoms with Gasteiger partial charge in [-0.1, -0.05) is 12.1 Å². The molecule has 0 aromatic heterocycles. The fourth-order valence-corrected chi connectivity index (χ4v) is 4.43. The molecule has 34 heavy (non-hydrogen) atoms. The molecule has 3 N–H and O–H groups in total. The number of nitrogens with one attached hydrogen (secondary N) is 2. The van der Waals surface area contributed by atoms with Crippen LogP contribution >= 0.6 is 0 Å². The molecule has 2 saturated heterocycles. The molecule has 0 saturated carbocycles. The van der Waals surface area contributed by atoms with Crippen molar-refractivity contribution in [3.63, 3.8) is 0 Å². The summed E-state index contributed by atoms with van der Waals surface area (Å²) in [5.74, 6) is -1.37. The maximum atomic E-state index is 13.2. The number of benzene rings is 2. The number of morpholine rings is 2. The van der Waals surface area contributed by atoms with E-state index in [9.17, 15) is 19.5 Å². The van der Waals surface area contributed by atoms with E-state index in [0.29, 0.717) is 30.2 Å². The van der Waals surface area contributed by atoms with E-state index in [1.165, 1.54) is 10.5 Å². The molecule has 5 rings (SSSR count). The van der Waals surface area contributed by atoms with Gasteiger partial charge >= 0.3 is 0 Å². The summed E-state index contributed by atoms with van der Waals surface area (Å²) in [6.07, 6.45) is -3.01. The molecule has 0 aliphatic carbocycles. The third-order valence-electron chi connectivity index (χ3n) is 6.22. The van der Waals surface area contributed by atoms with Crippen LogP contribution in [0.2, 0.25) is 0 Å². The normalized spacial score (nSPS) is 21.4. The molecule has 178 valence electrons. The van der Waals surface area contributed by atoms with Crippen LogP contribution in [0.15, 0.2) is 42.5 Å². The van der Waals surface area contributed by atoms with E-state index in [1.807, 2.05) is 12.1 Å². The van der Waals surface area contributed by atoms with Crippen molar-refractivity contribution in [3.8, 4) is 0 Å². The van der Waals surface area contributed by atoms with E-state index in [1.54, 1.807) is 35.2 Å². The summed E-state index contributed by atoms with van der Waals surface area (Å²) >= 11 is 0. The SMILES string of the molecule is O=C(Nc1ccc2c(c1)CNC2)[C@H](O)[C@H]1OCCN(c2cccc(N3CCOCC3=O)c2)C1=O. The number of nitrogens with zero attached hydrogens (tertiary/aromatic N) is 2. The van der Waals surface area contributed by atoms with Crippen LogP contribution in [0, 0.1) is 0 Å². The number of hydrogen-bond donors (Lipinski definition) is 3. The molecule has 3 amide bonds. The summed E-state index contributed by atoms with van der Waals surface area (Å²) in [4.78, 5) is 41.2. The fourth-order valence-electron chi connectivity index (χ4n) is 4.43. The zero-order valence-corrected chi connectivity index (χ0v) is 18.5. The average molecular weight is 466 g/mol. The maximum Gasteiger partial charge on any atom is 0.259 e. The highest BCUT2D eigenvalue weighted by molar-refractivity contribution is 6.04. The number of aliphatic hydroxyl groups is 1. The van der Waals surface area contributed by atoms with Crippen LogP contribution in [0.4, 0.5) is 17.1 Å². The molecule has 0 radical (unpaired) electrons. The molecule has 10 nitrogen and oxygen atoms in total. The van der Waals surface area contributed by atoms with Gasteiger partial charge in [-0.05, 0) is 41.5 Å². The Labute approximate surface area is 196 Å². The van der Waals surface area contributed by atoms with Gasteiger partial charge in [0.2, 0.25) is 0 Å². The molecule has 3 heterocycles. The first kappa shape index (κ1) is 22.5. The van der Waals surface area contributed by atoms with E-state index < -0.39 is 24.0 Å². The quantitative estimate of drug-likeness (QED) is 0.583. The van der Waals surface area contributed by atoms with Crippen molar-refractivity contribution in [2.75, 3.05) is 48.0 Å². The number of carbonyl (C=O) groups excluding carboxylic acids is 3. The van der Waals surface area contributed by atoms with Crippen molar-refractivity contribution >= 4 is 34.8 Å². The molecule has 0 bridgehead atoms. The van der Waals surface area contributed by atoms with Gasteiger partial charge in [-0.25, -0.2) is 0 Å². The van der Waals surface area contributed by atoms with Crippen molar-refractivity contribution in [1.29, 1.82) is 0 Å². The van der Waals surface area contributed by atoms with E-state index in [2.05, 4.69) is 10.6 Å². The van der Waals surface area contributed by atoms with E-state index in [-0.39, 0.29) is 25.7 Å². The topological polar surface area (TPSA) is 120 Å². The van der Waals surface area contributed by atoms with Crippen molar-refractivity contribution < 1.29 is 29.0 Å². The van der Waals surface area contributed by atoms with Gasteiger partial charge in [0, 0.05) is 43.2 Å². The molecule has 2 atom stereocenters. The van der Waals surface area contributed by atoms with E-state index >= 15 is 0 Å². The minimum absolute atomic E-state index is 0.0187. The number of carbonyl (C=O) groups is 3. The predicted octanol–water partition coefficient (Wildman–Crippen LogP) is 0.384. The molecule has 0 spiro atoms. The second-order valence-corrected chi connectivity index (χ2v) is 8.42. The molecule has 2 fully saturated rings. The second kappa shape index (κ2) is 9.51. The van der Waals surface area contributed by atoms with Crippen LogP contribution in [0.5, 0.6) is 0 Å². The molecule has 2 aromatic rings. The Morgan fingerprint density at radius 1 is 1.03 bits per heavy atom. The third-order valence-corrected chi connectivity index (χ3v) is 6.22. The Hall–Kier alpha value is -3.31. The first-order chi connectivity index (χ1) is 16.5. The van der Waals surface area contributed by atoms with Crippen molar-refractivity contribution in [3.05, 3.63) is 53.6 Å². The number of anilines is 3. The zero-order chi connectivity index (χ0) is 23.7. The van der Waals surface area contributed by atoms with Crippen LogP contribution in [-0.2, 0) is 36.9 Å². The number of rotatable bonds is 5. The highest BCUT2D eigenvalue weighted by Crippen LogP contribution is 2.27. The van der Waals surface area contributed by atoms with Crippen LogP contribution in [0.1, 0.15) is 11.1 Å². The molecular formula is C24H26N4O6. The molecule has 3 aliphatic heterocycles. The summed E-state index contributed by atoms with van der Waals surface area (Å²) in [7, 11) is 0. The Kier molecular flexibility index (Phi) is 6.29. The first-order valence-electron chi connectivity index (χ1n) is 11.2. The molecular weight excluding hydrogens is 440 g/mol. The van der Waals surface area contributed by atoms with Crippen molar-refractivity contribution in [2.24, 2.45) is 0 Å². The van der Waals surface area contributed by atoms with Crippen molar-refractivity contribution in [2.45, 2.75) is 25.3 Å². The minimum Gasteiger partial charge on any atom is -0.380 e. The van der Waals surface area contributed by atoms with Gasteiger partial charge in [-0.2, -0.15) is 0 Å². The Morgan fingerprint density at radius 3 is 2.62 bits per heavy atom. The third kappa shape index (κ3) is 4.40. The lowest BCUT2D eigenvalue weighted by atomic mass is 10.1. The van der Waals surface area contributed by atoms with Gasteiger partial charge < -0.3 is 35.0 Å². The number of aliphatic hydroxyl groups excluding tert-OH is 1. The van der Waals surface area contributed by atoms with Gasteiger partial charge in [0.25, 0.3) is 17.7 Å². The molecule has 10 heteroatoms. The maximum absolute atomic E-state index is 13.2. The average Bonchev–Trinajstić information content (AvgIpc) is 3.32. The van der Waals surface area contributed by atoms with Gasteiger partial charge in [-0.15, -0.1) is 0 Å². The standard InChI is InChI=1S/C24H26N4O6/c29-20-14-33-8-6-27(20)18-2-1-3-19(11-18)28-7-9-34-22(24(28)32)21(30)23(31)26-17-5-4-15-12-25-13-16(15)10-17/h1-5,10-11,21-22,25,30H,6-9,12-14H2,(H,26,31)/t21-,22-/m1/s1. The van der Waals surface area contributed by atoms with E-state index in [4.69, 9.17) is 9.47 Å². The number of fused-ring (bicyclic) bond motifs is 1. The predicted molar refractivity (Wildman–Crippen MR) is 123 cm³/mol. The number of hydrogen-bond acceptors (Lipinski definition) is 7. The lowest BCUT2D eigenvalue weighted by Crippen LogP contribution is -2.55. The van der Waals surface area contributed by atoms with Gasteiger partial charge in [0.1, 0.15) is 6.61 Å². The monoisotopic (exact) mass is 466 g/mol. The number of amides is 3. The molecule has 0 unspecified atom stereocenters. The van der Waals surface area contributed by atoms with Crippen LogP contribution in [0.25, 0.3) is 0 Å². The van der Waals surface area contributed by atoms with Crippen LogP contribution in [-0.4, -0.2) is 67.9 Å². The zero-order valence-electron chi connectivity index (χ0n) is 18.5. The summed E-state index contributed by atoms with van der Waals surface area (Å²) in [6, 6.07) is 12.6. The summed E-state index contributed by atoms with van der Waals surface area (Å²) < 4.78 is 10.7. The smallest absolute Gasteiger partial charge is 0.259 e. The Morgan fingerprint density at radius 2 is 1.79 bits per heavy atom. The Bertz CT molecular complexity index is 1120. The Balaban J connectivity index is 1.29. The molecule has 3 aliphatic rings. The van der Waals surface area contributed by atoms with E-state index in [0.717, 1.165) is 18.7 Å². The summed E-state index contributed by atoms with van der Waals surface area (Å²) in [6.45, 7) is 2.82. The van der Waals surface area contributed by atoms with Gasteiger partial charge in [0.05, 0.1) is 13.2 Å². The van der Waals surface area contributed by atoms with Crippen LogP contribution < -0.4 is 20.4 Å². The minimum atomic E-state index is -1.68. The number of ether oxygens (including phenoxy) is 2. The highest BCUT2D eigenvalue weighted by atomic mass is 16.5. The van der Waals surface area contributed by atoms with Crippen molar-refractivity contribution in [1.82, 2.24) is 5.32 Å². The lowest BCUT2D eigenvalue weighted by Gasteiger charge is -2.35. The fraction of sp³-hybridized carbons (Fsp3) is 0.375. The summed E-state index contributed by atoms with van der Waals surface area (Å²) in [5, 5.41) is 16.6. The summed E-state index contributed by atoms with van der Waals surface area (Å²) in [5.41, 5.74) is 4.03. The lowest BCUT2D eigenvalue weighted by molar-refractivity contribution is -0.150. The van der Waals surface area contributed by atoms with Gasteiger partial charge in [0.15, 0.2) is 12.2 Å². The first-order valence-corrected chi connectivity index (χ1v) is 11.2. The highest BCUT2D eigenvalue weighted by Gasteiger charge is 2.39. The molecule has 2 aromatic carbocycles. The largest absolute Gasteiger partial charge is 0.380 e. The second-order valence-electron chi connectivity index (χ2n) is 8.42.